The number of nitrogens with one attached hydrogen (secondary N) is 2. The number of aliphatic hydroxyl groups excluding tert-OH is 1. The molecule has 0 bridgehead atoms. The molecule has 25 heavy (non-hydrogen) atoms. The van der Waals surface area contributed by atoms with Gasteiger partial charge in [0.1, 0.15) is 11.4 Å². The van der Waals surface area contributed by atoms with Crippen molar-refractivity contribution in [1.29, 1.82) is 0 Å². The van der Waals surface area contributed by atoms with Crippen LogP contribution in [0.3, 0.4) is 0 Å². The number of aliphatic hydroxyl groups is 1. The van der Waals surface area contributed by atoms with Crippen LogP contribution in [0.25, 0.3) is 0 Å². The number of aryl methyl sites for hydroxylation is 1. The first-order valence-electron chi connectivity index (χ1n) is 7.71. The zero-order valence-electron chi connectivity index (χ0n) is 13.2. The quantitative estimate of drug-likeness (QED) is 0.589. The fourth-order valence-corrected chi connectivity index (χ4v) is 5.41. The summed E-state index contributed by atoms with van der Waals surface area (Å²) in [6.07, 6.45) is 3.47. The minimum atomic E-state index is -3.96. The van der Waals surface area contributed by atoms with Crippen LogP contribution >= 0.6 is 0 Å². The van der Waals surface area contributed by atoms with Crippen LogP contribution in [0.2, 0.25) is 0 Å². The Morgan fingerprint density at radius 2 is 1.96 bits per heavy atom. The number of nitrogens with zero attached hydrogens (tertiary/aromatic N) is 1. The highest BCUT2D eigenvalue weighted by Crippen LogP contribution is 2.32. The average molecular weight is 389 g/mol. The van der Waals surface area contributed by atoms with E-state index in [4.69, 9.17) is 0 Å². The highest BCUT2D eigenvalue weighted by molar-refractivity contribution is 7.91. The second kappa shape index (κ2) is 6.39. The standard InChI is InChI=1S/C14H19N3O6S2/c18-13-8-10(3-5-11-2-1-7-24(20,21)15-11)4-6-12(13)17-9-14(19)16-25(17,22)23/h4,6,8-9,11,15-16,18-19H,1-3,5,7H2. The average Bonchev–Trinajstić information content (AvgIpc) is 2.77. The number of anilines is 1. The molecule has 1 fully saturated rings. The first kappa shape index (κ1) is 17.8. The Morgan fingerprint density at radius 1 is 1.20 bits per heavy atom. The van der Waals surface area contributed by atoms with Gasteiger partial charge in [-0.05, 0) is 43.4 Å². The first-order valence-corrected chi connectivity index (χ1v) is 10.8. The second-order valence-electron chi connectivity index (χ2n) is 6.05. The maximum Gasteiger partial charge on any atom is 0.330 e. The van der Waals surface area contributed by atoms with Gasteiger partial charge in [0, 0.05) is 6.04 Å². The van der Waals surface area contributed by atoms with E-state index in [9.17, 15) is 27.0 Å². The highest BCUT2D eigenvalue weighted by atomic mass is 32.2. The van der Waals surface area contributed by atoms with Crippen molar-refractivity contribution < 1.29 is 27.0 Å². The van der Waals surface area contributed by atoms with E-state index in [0.717, 1.165) is 22.5 Å². The molecule has 138 valence electrons. The van der Waals surface area contributed by atoms with Gasteiger partial charge in [-0.3, -0.25) is 0 Å². The molecule has 1 saturated heterocycles. The Morgan fingerprint density at radius 3 is 2.56 bits per heavy atom. The molecular weight excluding hydrogens is 370 g/mol. The normalized spacial score (nSPS) is 24.6. The summed E-state index contributed by atoms with van der Waals surface area (Å²) in [4.78, 5) is 0. The number of hydrogen-bond donors (Lipinski definition) is 4. The van der Waals surface area contributed by atoms with Gasteiger partial charge in [-0.15, -0.1) is 0 Å². The molecule has 0 aromatic heterocycles. The summed E-state index contributed by atoms with van der Waals surface area (Å²) in [6.45, 7) is 0. The Kier molecular flexibility index (Phi) is 4.56. The minimum Gasteiger partial charge on any atom is -0.506 e. The summed E-state index contributed by atoms with van der Waals surface area (Å²) in [5.74, 6) is -0.636. The molecule has 11 heteroatoms. The maximum absolute atomic E-state index is 11.8. The van der Waals surface area contributed by atoms with Crippen molar-refractivity contribution in [1.82, 2.24) is 9.44 Å². The number of phenols is 1. The summed E-state index contributed by atoms with van der Waals surface area (Å²) >= 11 is 0. The van der Waals surface area contributed by atoms with Crippen LogP contribution in [-0.4, -0.2) is 38.8 Å². The van der Waals surface area contributed by atoms with Gasteiger partial charge < -0.3 is 10.2 Å². The molecule has 2 aliphatic heterocycles. The van der Waals surface area contributed by atoms with Crippen molar-refractivity contribution in [3.63, 3.8) is 0 Å². The van der Waals surface area contributed by atoms with Crippen LogP contribution in [-0.2, 0) is 26.7 Å². The van der Waals surface area contributed by atoms with Gasteiger partial charge >= 0.3 is 10.2 Å². The number of hydrogen-bond acceptors (Lipinski definition) is 6. The topological polar surface area (TPSA) is 136 Å². The lowest BCUT2D eigenvalue weighted by atomic mass is 10.0. The Bertz CT molecular complexity index is 910. The van der Waals surface area contributed by atoms with E-state index < -0.39 is 26.1 Å². The van der Waals surface area contributed by atoms with Crippen molar-refractivity contribution in [2.24, 2.45) is 0 Å². The monoisotopic (exact) mass is 389 g/mol. The molecule has 1 aromatic carbocycles. The second-order valence-corrected chi connectivity index (χ2v) is 9.48. The smallest absolute Gasteiger partial charge is 0.330 e. The van der Waals surface area contributed by atoms with Crippen LogP contribution in [0, 0.1) is 0 Å². The predicted octanol–water partition coefficient (Wildman–Crippen LogP) is 0.418. The van der Waals surface area contributed by atoms with E-state index in [0.29, 0.717) is 19.3 Å². The van der Waals surface area contributed by atoms with E-state index in [1.54, 1.807) is 6.07 Å². The lowest BCUT2D eigenvalue weighted by Crippen LogP contribution is -2.41. The van der Waals surface area contributed by atoms with Crippen molar-refractivity contribution >= 4 is 25.9 Å². The number of aromatic hydroxyl groups is 1. The molecule has 1 atom stereocenters. The molecule has 4 N–H and O–H groups in total. The van der Waals surface area contributed by atoms with Crippen molar-refractivity contribution in [2.75, 3.05) is 10.1 Å². The van der Waals surface area contributed by atoms with Gasteiger partial charge in [0.05, 0.1) is 12.0 Å². The van der Waals surface area contributed by atoms with E-state index in [1.807, 2.05) is 4.72 Å². The third kappa shape index (κ3) is 3.99. The fourth-order valence-electron chi connectivity index (χ4n) is 2.93. The lowest BCUT2D eigenvalue weighted by Gasteiger charge is -2.23. The molecule has 2 heterocycles. The zero-order valence-corrected chi connectivity index (χ0v) is 14.8. The van der Waals surface area contributed by atoms with Crippen molar-refractivity contribution in [2.45, 2.75) is 31.7 Å². The predicted molar refractivity (Wildman–Crippen MR) is 91.6 cm³/mol. The molecule has 0 spiro atoms. The summed E-state index contributed by atoms with van der Waals surface area (Å²) in [7, 11) is -7.15. The zero-order chi connectivity index (χ0) is 18.2. The molecule has 1 aromatic rings. The summed E-state index contributed by atoms with van der Waals surface area (Å²) in [6, 6.07) is 4.39. The first-order chi connectivity index (χ1) is 11.7. The van der Waals surface area contributed by atoms with Gasteiger partial charge in [0.2, 0.25) is 15.9 Å². The van der Waals surface area contributed by atoms with E-state index >= 15 is 0 Å². The lowest BCUT2D eigenvalue weighted by molar-refractivity contribution is 0.392. The number of phenolic OH excluding ortho intramolecular Hbond substituents is 1. The third-order valence-electron chi connectivity index (χ3n) is 4.10. The molecule has 0 aliphatic carbocycles. The van der Waals surface area contributed by atoms with Crippen LogP contribution < -0.4 is 13.7 Å². The van der Waals surface area contributed by atoms with Crippen molar-refractivity contribution in [3.8, 4) is 5.75 Å². The Labute approximate surface area is 146 Å². The number of sulfonamides is 1. The van der Waals surface area contributed by atoms with Crippen LogP contribution in [0.4, 0.5) is 5.69 Å². The van der Waals surface area contributed by atoms with Gasteiger partial charge in [-0.2, -0.15) is 8.42 Å². The third-order valence-corrected chi connectivity index (χ3v) is 6.91. The van der Waals surface area contributed by atoms with E-state index in [2.05, 4.69) is 4.72 Å². The van der Waals surface area contributed by atoms with Crippen LogP contribution in [0.15, 0.2) is 30.3 Å². The van der Waals surface area contributed by atoms with Crippen molar-refractivity contribution in [3.05, 3.63) is 35.8 Å². The number of rotatable bonds is 4. The van der Waals surface area contributed by atoms with Gasteiger partial charge in [-0.25, -0.2) is 22.2 Å². The highest BCUT2D eigenvalue weighted by Gasteiger charge is 2.30. The Hall–Kier alpha value is -1.98. The summed E-state index contributed by atoms with van der Waals surface area (Å²) < 4.78 is 52.1. The van der Waals surface area contributed by atoms with Gasteiger partial charge in [0.15, 0.2) is 0 Å². The molecule has 0 amide bonds. The Balaban J connectivity index is 1.70. The molecule has 3 rings (SSSR count). The molecule has 1 unspecified atom stereocenters. The molecule has 0 saturated carbocycles. The largest absolute Gasteiger partial charge is 0.506 e. The molecule has 2 aliphatic rings. The molecule has 9 nitrogen and oxygen atoms in total. The summed E-state index contributed by atoms with van der Waals surface area (Å²) in [5.41, 5.74) is 0.766. The van der Waals surface area contributed by atoms with E-state index in [1.165, 1.54) is 12.1 Å². The van der Waals surface area contributed by atoms with Crippen LogP contribution in [0.1, 0.15) is 24.8 Å². The number of benzene rings is 1. The van der Waals surface area contributed by atoms with Crippen LogP contribution in [0.5, 0.6) is 5.75 Å². The fraction of sp³-hybridized carbons (Fsp3) is 0.429. The van der Waals surface area contributed by atoms with Gasteiger partial charge in [-0.1, -0.05) is 6.07 Å². The minimum absolute atomic E-state index is 0.0127. The van der Waals surface area contributed by atoms with Gasteiger partial charge in [0.25, 0.3) is 0 Å². The SMILES string of the molecule is O=S1(=O)CCCC(CCc2ccc(N3C=C(O)NS3(=O)=O)c(O)c2)N1. The maximum atomic E-state index is 11.8. The summed E-state index contributed by atoms with van der Waals surface area (Å²) in [5, 5.41) is 19.4. The molecule has 0 radical (unpaired) electrons. The van der Waals surface area contributed by atoms with E-state index in [-0.39, 0.29) is 23.2 Å². The molecular formula is C14H19N3O6S2.